The molecule has 2 aromatic carbocycles. The number of rotatable bonds is 2. The molecule has 0 spiro atoms. The van der Waals surface area contributed by atoms with Crippen LogP contribution in [0.3, 0.4) is 0 Å². The summed E-state index contributed by atoms with van der Waals surface area (Å²) in [5.74, 6) is -0.680. The molecule has 5 heteroatoms. The van der Waals surface area contributed by atoms with Crippen LogP contribution in [-0.4, -0.2) is 21.2 Å². The maximum atomic E-state index is 11.8. The number of hydrogen-bond donors (Lipinski definition) is 2. The fourth-order valence-electron chi connectivity index (χ4n) is 3.32. The van der Waals surface area contributed by atoms with Gasteiger partial charge in [0.2, 0.25) is 0 Å². The Balaban J connectivity index is 2.08. The summed E-state index contributed by atoms with van der Waals surface area (Å²) in [4.78, 5) is 16.4. The summed E-state index contributed by atoms with van der Waals surface area (Å²) in [6.07, 6.45) is 0. The maximum Gasteiger partial charge on any atom is 0.336 e. The van der Waals surface area contributed by atoms with Crippen LogP contribution in [0.5, 0.6) is 5.75 Å². The quantitative estimate of drug-likeness (QED) is 0.534. The second kappa shape index (κ2) is 5.59. The van der Waals surface area contributed by atoms with Gasteiger partial charge in [-0.15, -0.1) is 0 Å². The van der Waals surface area contributed by atoms with Gasteiger partial charge in [-0.25, -0.2) is 9.78 Å². The van der Waals surface area contributed by atoms with Crippen molar-refractivity contribution in [3.05, 3.63) is 58.7 Å². The van der Waals surface area contributed by atoms with Gasteiger partial charge in [0.1, 0.15) is 17.0 Å². The minimum absolute atomic E-state index is 0.00207. The minimum atomic E-state index is -1.12. The van der Waals surface area contributed by atoms with Crippen molar-refractivity contribution in [2.75, 3.05) is 0 Å². The van der Waals surface area contributed by atoms with Crippen molar-refractivity contribution in [3.8, 4) is 17.2 Å². The molecule has 0 bridgehead atoms. The maximum absolute atomic E-state index is 11.8. The number of nitrogens with zero attached hydrogens (tertiary/aromatic N) is 1. The molecule has 0 fully saturated rings. The number of aromatic carboxylic acids is 1. The number of benzene rings is 2. The van der Waals surface area contributed by atoms with Crippen molar-refractivity contribution in [1.82, 2.24) is 4.98 Å². The molecule has 0 aliphatic carbocycles. The number of phenolic OH excluding ortho intramolecular Hbond substituents is 1. The number of carboxylic acid groups (broad SMARTS) is 1. The first-order chi connectivity index (χ1) is 12.4. The third kappa shape index (κ3) is 2.32. The van der Waals surface area contributed by atoms with Crippen LogP contribution in [0.1, 0.15) is 27.0 Å². The third-order valence-electron chi connectivity index (χ3n) is 4.70. The first-order valence-corrected chi connectivity index (χ1v) is 8.23. The molecular weight excluding hydrogens is 330 g/mol. The van der Waals surface area contributed by atoms with E-state index in [0.717, 1.165) is 27.7 Å². The number of carboxylic acids is 1. The molecule has 0 saturated carbocycles. The van der Waals surface area contributed by atoms with Gasteiger partial charge < -0.3 is 14.6 Å². The topological polar surface area (TPSA) is 83.6 Å². The molecule has 5 nitrogen and oxygen atoms in total. The molecule has 0 saturated heterocycles. The highest BCUT2D eigenvalue weighted by atomic mass is 16.4. The van der Waals surface area contributed by atoms with Gasteiger partial charge in [0.25, 0.3) is 0 Å². The highest BCUT2D eigenvalue weighted by Crippen LogP contribution is 2.36. The molecule has 0 amide bonds. The van der Waals surface area contributed by atoms with Crippen molar-refractivity contribution in [2.24, 2.45) is 0 Å². The Morgan fingerprint density at radius 2 is 1.85 bits per heavy atom. The van der Waals surface area contributed by atoms with Crippen molar-refractivity contribution >= 4 is 27.8 Å². The molecule has 2 heterocycles. The lowest BCUT2D eigenvalue weighted by molar-refractivity contribution is 0.0698. The van der Waals surface area contributed by atoms with Gasteiger partial charge in [0.15, 0.2) is 5.76 Å². The normalized spacial score (nSPS) is 11.3. The van der Waals surface area contributed by atoms with Crippen molar-refractivity contribution in [3.63, 3.8) is 0 Å². The average molecular weight is 347 g/mol. The standard InChI is InChI=1S/C21H17NO4/c1-10-4-6-13-12(3)20(26-17(13)8-10)15-9-14(21(24)25)18-16(23)7-5-11(2)19(18)22-15/h4-9,23H,1-3H3,(H,24,25). The smallest absolute Gasteiger partial charge is 0.336 e. The van der Waals surface area contributed by atoms with Crippen molar-refractivity contribution < 1.29 is 19.4 Å². The van der Waals surface area contributed by atoms with E-state index >= 15 is 0 Å². The summed E-state index contributed by atoms with van der Waals surface area (Å²) in [5, 5.41) is 21.0. The Labute approximate surface area is 149 Å². The lowest BCUT2D eigenvalue weighted by Gasteiger charge is -2.09. The second-order valence-electron chi connectivity index (χ2n) is 6.54. The van der Waals surface area contributed by atoms with Crippen LogP contribution < -0.4 is 0 Å². The highest BCUT2D eigenvalue weighted by Gasteiger charge is 2.20. The first kappa shape index (κ1) is 16.1. The van der Waals surface area contributed by atoms with E-state index in [1.807, 2.05) is 39.0 Å². The van der Waals surface area contributed by atoms with Gasteiger partial charge in [0, 0.05) is 10.9 Å². The van der Waals surface area contributed by atoms with Crippen molar-refractivity contribution in [2.45, 2.75) is 20.8 Å². The fraction of sp³-hybridized carbons (Fsp3) is 0.143. The van der Waals surface area contributed by atoms with E-state index in [1.165, 1.54) is 12.1 Å². The molecule has 2 N–H and O–H groups in total. The zero-order valence-electron chi connectivity index (χ0n) is 14.6. The van der Waals surface area contributed by atoms with Crippen LogP contribution >= 0.6 is 0 Å². The van der Waals surface area contributed by atoms with E-state index in [2.05, 4.69) is 4.98 Å². The number of furan rings is 1. The van der Waals surface area contributed by atoms with Gasteiger partial charge in [-0.3, -0.25) is 0 Å². The van der Waals surface area contributed by atoms with Crippen LogP contribution in [-0.2, 0) is 0 Å². The number of hydrogen-bond acceptors (Lipinski definition) is 4. The number of fused-ring (bicyclic) bond motifs is 2. The van der Waals surface area contributed by atoms with E-state index in [-0.39, 0.29) is 16.7 Å². The third-order valence-corrected chi connectivity index (χ3v) is 4.70. The minimum Gasteiger partial charge on any atom is -0.507 e. The average Bonchev–Trinajstić information content (AvgIpc) is 2.93. The predicted molar refractivity (Wildman–Crippen MR) is 99.8 cm³/mol. The Morgan fingerprint density at radius 1 is 1.08 bits per heavy atom. The molecule has 130 valence electrons. The molecular formula is C21H17NO4. The number of aryl methyl sites for hydroxylation is 3. The Kier molecular flexibility index (Phi) is 3.47. The monoisotopic (exact) mass is 347 g/mol. The largest absolute Gasteiger partial charge is 0.507 e. The molecule has 0 aliphatic heterocycles. The van der Waals surface area contributed by atoms with Crippen LogP contribution in [0.15, 0.2) is 40.8 Å². The predicted octanol–water partition coefficient (Wildman–Crippen LogP) is 4.98. The molecule has 0 atom stereocenters. The van der Waals surface area contributed by atoms with E-state index < -0.39 is 5.97 Å². The van der Waals surface area contributed by atoms with Crippen LogP contribution in [0.4, 0.5) is 0 Å². The number of phenols is 1. The summed E-state index contributed by atoms with van der Waals surface area (Å²) in [7, 11) is 0. The number of aromatic nitrogens is 1. The number of carbonyl (C=O) groups is 1. The highest BCUT2D eigenvalue weighted by molar-refractivity contribution is 6.07. The molecule has 4 aromatic rings. The Bertz CT molecular complexity index is 1200. The van der Waals surface area contributed by atoms with Crippen LogP contribution in [0, 0.1) is 20.8 Å². The van der Waals surface area contributed by atoms with Crippen molar-refractivity contribution in [1.29, 1.82) is 0 Å². The first-order valence-electron chi connectivity index (χ1n) is 8.23. The zero-order valence-corrected chi connectivity index (χ0v) is 14.6. The zero-order chi connectivity index (χ0) is 18.6. The molecule has 0 radical (unpaired) electrons. The number of pyridine rings is 1. The van der Waals surface area contributed by atoms with Gasteiger partial charge in [0.05, 0.1) is 16.5 Å². The molecule has 26 heavy (non-hydrogen) atoms. The molecule has 2 aromatic heterocycles. The summed E-state index contributed by atoms with van der Waals surface area (Å²) < 4.78 is 6.00. The number of aromatic hydroxyl groups is 1. The van der Waals surface area contributed by atoms with Gasteiger partial charge in [-0.2, -0.15) is 0 Å². The van der Waals surface area contributed by atoms with Gasteiger partial charge in [-0.05, 0) is 50.1 Å². The van der Waals surface area contributed by atoms with E-state index in [0.29, 0.717) is 17.0 Å². The van der Waals surface area contributed by atoms with E-state index in [4.69, 9.17) is 4.42 Å². The molecule has 4 rings (SSSR count). The lowest BCUT2D eigenvalue weighted by Crippen LogP contribution is -2.01. The molecule has 0 aliphatic rings. The Hall–Kier alpha value is -3.34. The summed E-state index contributed by atoms with van der Waals surface area (Å²) in [6.45, 7) is 5.75. The Morgan fingerprint density at radius 3 is 2.58 bits per heavy atom. The van der Waals surface area contributed by atoms with Gasteiger partial charge >= 0.3 is 5.97 Å². The summed E-state index contributed by atoms with van der Waals surface area (Å²) in [6, 6.07) is 10.6. The van der Waals surface area contributed by atoms with E-state index in [1.54, 1.807) is 6.07 Å². The molecule has 0 unspecified atom stereocenters. The lowest BCUT2D eigenvalue weighted by atomic mass is 10.0. The summed E-state index contributed by atoms with van der Waals surface area (Å²) in [5.41, 5.74) is 4.40. The van der Waals surface area contributed by atoms with E-state index in [9.17, 15) is 15.0 Å². The van der Waals surface area contributed by atoms with Crippen LogP contribution in [0.2, 0.25) is 0 Å². The second-order valence-corrected chi connectivity index (χ2v) is 6.54. The fourth-order valence-corrected chi connectivity index (χ4v) is 3.32. The van der Waals surface area contributed by atoms with Gasteiger partial charge in [-0.1, -0.05) is 18.2 Å². The summed E-state index contributed by atoms with van der Waals surface area (Å²) >= 11 is 0. The van der Waals surface area contributed by atoms with Crippen LogP contribution in [0.25, 0.3) is 33.3 Å². The SMILES string of the molecule is Cc1ccc2c(C)c(-c3cc(C(=O)O)c4c(O)ccc(C)c4n3)oc2c1.